The van der Waals surface area contributed by atoms with Crippen molar-refractivity contribution in [1.29, 1.82) is 0 Å². The molecule has 2 aliphatic heterocycles. The number of nitrogens with zero attached hydrogens (tertiary/aromatic N) is 5. The molecule has 2 fully saturated rings. The summed E-state index contributed by atoms with van der Waals surface area (Å²) in [5.41, 5.74) is 1.81. The third kappa shape index (κ3) is 4.73. The Labute approximate surface area is 160 Å². The minimum Gasteiger partial charge on any atom is -0.337 e. The maximum atomic E-state index is 12.8. The zero-order chi connectivity index (χ0) is 18.5. The molecule has 1 unspecified atom stereocenters. The fourth-order valence-corrected chi connectivity index (χ4v) is 3.98. The Morgan fingerprint density at radius 2 is 1.93 bits per heavy atom. The van der Waals surface area contributed by atoms with E-state index in [0.29, 0.717) is 11.6 Å². The van der Waals surface area contributed by atoms with E-state index in [1.807, 2.05) is 11.0 Å². The first-order valence-corrected chi connectivity index (χ1v) is 9.94. The van der Waals surface area contributed by atoms with Gasteiger partial charge in [0.15, 0.2) is 5.69 Å². The molecule has 2 aromatic rings. The van der Waals surface area contributed by atoms with Gasteiger partial charge in [-0.15, -0.1) is 5.10 Å². The molecule has 1 amide bonds. The lowest BCUT2D eigenvalue weighted by atomic mass is 9.99. The zero-order valence-corrected chi connectivity index (χ0v) is 15.8. The molecule has 7 heteroatoms. The average molecular weight is 368 g/mol. The van der Waals surface area contributed by atoms with E-state index in [0.717, 1.165) is 65.2 Å². The SMILES string of the molecule is O=C(c1cn(CCN2CCNCC2)nn1)N1CCC(Cc2ccccc2)C1. The maximum absolute atomic E-state index is 12.8. The molecular formula is C20H28N6O. The Bertz CT molecular complexity index is 740. The van der Waals surface area contributed by atoms with Gasteiger partial charge < -0.3 is 10.2 Å². The number of benzene rings is 1. The molecule has 7 nitrogen and oxygen atoms in total. The number of hydrogen-bond donors (Lipinski definition) is 1. The molecule has 1 atom stereocenters. The molecule has 0 spiro atoms. The van der Waals surface area contributed by atoms with E-state index in [4.69, 9.17) is 0 Å². The highest BCUT2D eigenvalue weighted by molar-refractivity contribution is 5.92. The van der Waals surface area contributed by atoms with Crippen LogP contribution in [0.3, 0.4) is 0 Å². The highest BCUT2D eigenvalue weighted by Gasteiger charge is 2.28. The summed E-state index contributed by atoms with van der Waals surface area (Å²) in [6, 6.07) is 10.5. The molecule has 27 heavy (non-hydrogen) atoms. The van der Waals surface area contributed by atoms with Gasteiger partial charge in [0, 0.05) is 45.8 Å². The van der Waals surface area contributed by atoms with Gasteiger partial charge in [0.25, 0.3) is 5.91 Å². The Kier molecular flexibility index (Phi) is 5.79. The third-order valence-electron chi connectivity index (χ3n) is 5.55. The predicted molar refractivity (Wildman–Crippen MR) is 103 cm³/mol. The van der Waals surface area contributed by atoms with Crippen LogP contribution in [0, 0.1) is 5.92 Å². The van der Waals surface area contributed by atoms with Crippen molar-refractivity contribution in [3.63, 3.8) is 0 Å². The van der Waals surface area contributed by atoms with Crippen molar-refractivity contribution in [3.05, 3.63) is 47.8 Å². The van der Waals surface area contributed by atoms with Crippen LogP contribution < -0.4 is 5.32 Å². The molecule has 0 saturated carbocycles. The molecule has 0 radical (unpaired) electrons. The number of hydrogen-bond acceptors (Lipinski definition) is 5. The minimum absolute atomic E-state index is 0.0129. The van der Waals surface area contributed by atoms with Gasteiger partial charge in [0.05, 0.1) is 12.7 Å². The Morgan fingerprint density at radius 3 is 2.74 bits per heavy atom. The standard InChI is InChI=1S/C20H28N6O/c27-20(25-9-6-18(15-25)14-17-4-2-1-3-5-17)19-16-26(23-22-19)13-12-24-10-7-21-8-11-24/h1-5,16,18,21H,6-15H2. The lowest BCUT2D eigenvalue weighted by Crippen LogP contribution is -2.44. The first-order chi connectivity index (χ1) is 13.3. The first kappa shape index (κ1) is 18.1. The average Bonchev–Trinajstić information content (AvgIpc) is 3.37. The molecule has 144 valence electrons. The molecule has 3 heterocycles. The van der Waals surface area contributed by atoms with Gasteiger partial charge in [-0.3, -0.25) is 14.4 Å². The maximum Gasteiger partial charge on any atom is 0.276 e. The van der Waals surface area contributed by atoms with Crippen LogP contribution in [0.2, 0.25) is 0 Å². The van der Waals surface area contributed by atoms with E-state index in [-0.39, 0.29) is 5.91 Å². The van der Waals surface area contributed by atoms with Crippen LogP contribution in [-0.2, 0) is 13.0 Å². The smallest absolute Gasteiger partial charge is 0.276 e. The number of nitrogens with one attached hydrogen (secondary N) is 1. The Hall–Kier alpha value is -2.25. The van der Waals surface area contributed by atoms with Crippen molar-refractivity contribution in [2.75, 3.05) is 45.8 Å². The molecule has 1 N–H and O–H groups in total. The number of rotatable bonds is 6. The molecule has 0 aliphatic carbocycles. The van der Waals surface area contributed by atoms with Gasteiger partial charge in [-0.25, -0.2) is 0 Å². The van der Waals surface area contributed by atoms with Crippen molar-refractivity contribution in [1.82, 2.24) is 30.1 Å². The number of likely N-dealkylation sites (tertiary alicyclic amines) is 1. The van der Waals surface area contributed by atoms with Crippen LogP contribution in [0.1, 0.15) is 22.5 Å². The zero-order valence-electron chi connectivity index (χ0n) is 15.8. The lowest BCUT2D eigenvalue weighted by Gasteiger charge is -2.26. The fraction of sp³-hybridized carbons (Fsp3) is 0.550. The molecular weight excluding hydrogens is 340 g/mol. The predicted octanol–water partition coefficient (Wildman–Crippen LogP) is 0.888. The number of carbonyl (C=O) groups excluding carboxylic acids is 1. The quantitative estimate of drug-likeness (QED) is 0.820. The van der Waals surface area contributed by atoms with Crippen LogP contribution in [0.15, 0.2) is 36.5 Å². The van der Waals surface area contributed by atoms with Gasteiger partial charge in [-0.2, -0.15) is 0 Å². The van der Waals surface area contributed by atoms with Crippen molar-refractivity contribution in [3.8, 4) is 0 Å². The van der Waals surface area contributed by atoms with Gasteiger partial charge in [0.2, 0.25) is 0 Å². The van der Waals surface area contributed by atoms with Crippen molar-refractivity contribution < 1.29 is 4.79 Å². The summed E-state index contributed by atoms with van der Waals surface area (Å²) in [4.78, 5) is 17.1. The van der Waals surface area contributed by atoms with Gasteiger partial charge in [-0.1, -0.05) is 35.5 Å². The number of piperazine rings is 1. The van der Waals surface area contributed by atoms with Crippen molar-refractivity contribution in [2.24, 2.45) is 5.92 Å². The van der Waals surface area contributed by atoms with Crippen LogP contribution in [0.5, 0.6) is 0 Å². The molecule has 2 aliphatic rings. The van der Waals surface area contributed by atoms with E-state index in [1.54, 1.807) is 10.9 Å². The van der Waals surface area contributed by atoms with E-state index in [1.165, 1.54) is 5.56 Å². The second-order valence-electron chi connectivity index (χ2n) is 7.55. The van der Waals surface area contributed by atoms with Gasteiger partial charge in [0.1, 0.15) is 0 Å². The largest absolute Gasteiger partial charge is 0.337 e. The molecule has 1 aromatic heterocycles. The summed E-state index contributed by atoms with van der Waals surface area (Å²) in [5, 5.41) is 11.6. The highest BCUT2D eigenvalue weighted by Crippen LogP contribution is 2.22. The molecule has 1 aromatic carbocycles. The monoisotopic (exact) mass is 368 g/mol. The minimum atomic E-state index is 0.0129. The topological polar surface area (TPSA) is 66.3 Å². The molecule has 0 bridgehead atoms. The summed E-state index contributed by atoms with van der Waals surface area (Å²) >= 11 is 0. The second-order valence-corrected chi connectivity index (χ2v) is 7.55. The summed E-state index contributed by atoms with van der Waals surface area (Å²) in [6.07, 6.45) is 3.88. The second kappa shape index (κ2) is 8.63. The van der Waals surface area contributed by atoms with Crippen LogP contribution in [0.25, 0.3) is 0 Å². The van der Waals surface area contributed by atoms with Crippen LogP contribution in [0.4, 0.5) is 0 Å². The van der Waals surface area contributed by atoms with Crippen molar-refractivity contribution in [2.45, 2.75) is 19.4 Å². The van der Waals surface area contributed by atoms with Gasteiger partial charge in [-0.05, 0) is 24.3 Å². The van der Waals surface area contributed by atoms with E-state index < -0.39 is 0 Å². The van der Waals surface area contributed by atoms with E-state index >= 15 is 0 Å². The van der Waals surface area contributed by atoms with E-state index in [2.05, 4.69) is 44.8 Å². The van der Waals surface area contributed by atoms with Crippen LogP contribution >= 0.6 is 0 Å². The van der Waals surface area contributed by atoms with E-state index in [9.17, 15) is 4.79 Å². The van der Waals surface area contributed by atoms with Crippen LogP contribution in [-0.4, -0.2) is 76.5 Å². The number of aromatic nitrogens is 3. The fourth-order valence-electron chi connectivity index (χ4n) is 3.98. The van der Waals surface area contributed by atoms with Crippen molar-refractivity contribution >= 4 is 5.91 Å². The first-order valence-electron chi connectivity index (χ1n) is 9.94. The van der Waals surface area contributed by atoms with Gasteiger partial charge >= 0.3 is 0 Å². The molecule has 4 rings (SSSR count). The number of carbonyl (C=O) groups is 1. The third-order valence-corrected chi connectivity index (χ3v) is 5.55. The summed E-state index contributed by atoms with van der Waals surface area (Å²) in [6.45, 7) is 7.55. The number of amides is 1. The summed E-state index contributed by atoms with van der Waals surface area (Å²) in [7, 11) is 0. The lowest BCUT2D eigenvalue weighted by molar-refractivity contribution is 0.0781. The Morgan fingerprint density at radius 1 is 1.11 bits per heavy atom. The normalized spacial score (nSPS) is 20.9. The highest BCUT2D eigenvalue weighted by atomic mass is 16.2. The summed E-state index contributed by atoms with van der Waals surface area (Å²) < 4.78 is 1.80. The molecule has 2 saturated heterocycles. The summed E-state index contributed by atoms with van der Waals surface area (Å²) in [5.74, 6) is 0.540. The Balaban J connectivity index is 1.27.